The van der Waals surface area contributed by atoms with Crippen LogP contribution in [0.4, 0.5) is 0 Å². The Morgan fingerprint density at radius 1 is 0.941 bits per heavy atom. The Kier molecular flexibility index (Phi) is 3.71. The summed E-state index contributed by atoms with van der Waals surface area (Å²) in [7, 11) is 0. The van der Waals surface area contributed by atoms with Crippen LogP contribution < -0.4 is 0 Å². The fraction of sp³-hybridized carbons (Fsp3) is 0.188. The second kappa shape index (κ2) is 5.44. The smallest absolute Gasteiger partial charge is 0.119 e. The van der Waals surface area contributed by atoms with Gasteiger partial charge in [-0.3, -0.25) is 0 Å². The summed E-state index contributed by atoms with van der Waals surface area (Å²) in [6.45, 7) is 1.81. The molecule has 0 atom stereocenters. The van der Waals surface area contributed by atoms with Crippen molar-refractivity contribution in [2.45, 2.75) is 19.8 Å². The topological polar surface area (TPSA) is 17.1 Å². The zero-order valence-electron chi connectivity index (χ0n) is 10.0. The van der Waals surface area contributed by atoms with E-state index in [0.29, 0.717) is 6.42 Å². The maximum Gasteiger partial charge on any atom is 0.119 e. The zero-order chi connectivity index (χ0) is 12.1. The molecule has 0 spiro atoms. The van der Waals surface area contributed by atoms with Crippen LogP contribution in [0.15, 0.2) is 48.5 Å². The van der Waals surface area contributed by atoms with Gasteiger partial charge in [-0.1, -0.05) is 55.5 Å². The number of hydrogen-bond acceptors (Lipinski definition) is 1. The van der Waals surface area contributed by atoms with Crippen LogP contribution in [-0.4, -0.2) is 6.29 Å². The van der Waals surface area contributed by atoms with Crippen LogP contribution in [0.1, 0.15) is 24.5 Å². The van der Waals surface area contributed by atoms with Gasteiger partial charge in [0.25, 0.3) is 0 Å². The van der Waals surface area contributed by atoms with Gasteiger partial charge in [-0.15, -0.1) is 0 Å². The predicted octanol–water partition coefficient (Wildman–Crippen LogP) is 3.85. The molecule has 1 nitrogen and oxygen atoms in total. The Morgan fingerprint density at radius 2 is 1.35 bits per heavy atom. The summed E-state index contributed by atoms with van der Waals surface area (Å²) in [6.07, 6.45) is 2.62. The first kappa shape index (κ1) is 11.6. The highest BCUT2D eigenvalue weighted by atomic mass is 16.1. The summed E-state index contributed by atoms with van der Waals surface area (Å²) in [5.41, 5.74) is 5.75. The van der Waals surface area contributed by atoms with Crippen LogP contribution in [0.2, 0.25) is 0 Å². The standard InChI is InChI=1S/C13H10.C3H6O/c1-3-7-12-10(5-1)9-11-6-2-4-8-13(11)12;1-2-3-4/h1-8H,9H2;3H,2H2,1H3. The zero-order valence-corrected chi connectivity index (χ0v) is 10.0. The van der Waals surface area contributed by atoms with Gasteiger partial charge in [0, 0.05) is 6.42 Å². The van der Waals surface area contributed by atoms with E-state index in [1.165, 1.54) is 22.3 Å². The van der Waals surface area contributed by atoms with E-state index in [2.05, 4.69) is 48.5 Å². The lowest BCUT2D eigenvalue weighted by atomic mass is 10.1. The van der Waals surface area contributed by atoms with E-state index < -0.39 is 0 Å². The van der Waals surface area contributed by atoms with Gasteiger partial charge in [0.1, 0.15) is 6.29 Å². The molecule has 1 aliphatic rings. The van der Waals surface area contributed by atoms with Crippen LogP contribution in [0.25, 0.3) is 11.1 Å². The summed E-state index contributed by atoms with van der Waals surface area (Å²) < 4.78 is 0. The molecule has 0 unspecified atom stereocenters. The second-order valence-corrected chi connectivity index (χ2v) is 4.07. The Balaban J connectivity index is 0.000000239. The average Bonchev–Trinajstić information content (AvgIpc) is 2.77. The summed E-state index contributed by atoms with van der Waals surface area (Å²) in [5, 5.41) is 0. The molecule has 0 N–H and O–H groups in total. The van der Waals surface area contributed by atoms with Crippen molar-refractivity contribution in [2.24, 2.45) is 0 Å². The Bertz CT molecular complexity index is 471. The summed E-state index contributed by atoms with van der Waals surface area (Å²) >= 11 is 0. The van der Waals surface area contributed by atoms with Gasteiger partial charge in [-0.05, 0) is 28.7 Å². The van der Waals surface area contributed by atoms with Crippen molar-refractivity contribution in [3.05, 3.63) is 59.7 Å². The third kappa shape index (κ3) is 2.44. The van der Waals surface area contributed by atoms with E-state index in [9.17, 15) is 4.79 Å². The molecule has 1 heteroatoms. The monoisotopic (exact) mass is 224 g/mol. The third-order valence-electron chi connectivity index (χ3n) is 2.87. The number of benzene rings is 2. The van der Waals surface area contributed by atoms with E-state index in [4.69, 9.17) is 0 Å². The van der Waals surface area contributed by atoms with Crippen molar-refractivity contribution >= 4 is 6.29 Å². The molecule has 0 saturated heterocycles. The maximum absolute atomic E-state index is 9.17. The number of carbonyl (C=O) groups is 1. The van der Waals surface area contributed by atoms with E-state index in [0.717, 1.165) is 12.7 Å². The van der Waals surface area contributed by atoms with Crippen LogP contribution in [-0.2, 0) is 11.2 Å². The molecule has 2 aromatic carbocycles. The third-order valence-corrected chi connectivity index (χ3v) is 2.87. The molecule has 0 radical (unpaired) electrons. The van der Waals surface area contributed by atoms with Crippen molar-refractivity contribution in [1.82, 2.24) is 0 Å². The number of aldehydes is 1. The molecular weight excluding hydrogens is 208 g/mol. The molecule has 0 fully saturated rings. The van der Waals surface area contributed by atoms with Crippen LogP contribution in [0.5, 0.6) is 0 Å². The Hall–Kier alpha value is -1.89. The van der Waals surface area contributed by atoms with Crippen molar-refractivity contribution in [1.29, 1.82) is 0 Å². The first-order valence-electron chi connectivity index (χ1n) is 5.96. The lowest BCUT2D eigenvalue weighted by molar-refractivity contribution is -0.107. The van der Waals surface area contributed by atoms with Crippen molar-refractivity contribution < 1.29 is 4.79 Å². The fourth-order valence-corrected chi connectivity index (χ4v) is 2.08. The number of hydrogen-bond donors (Lipinski definition) is 0. The maximum atomic E-state index is 9.17. The van der Waals surface area contributed by atoms with Gasteiger partial charge < -0.3 is 4.79 Å². The number of carbonyl (C=O) groups excluding carboxylic acids is 1. The van der Waals surface area contributed by atoms with Gasteiger partial charge in [0.2, 0.25) is 0 Å². The van der Waals surface area contributed by atoms with E-state index in [1.807, 2.05) is 6.92 Å². The molecule has 0 bridgehead atoms. The number of rotatable bonds is 1. The molecule has 0 aliphatic heterocycles. The highest BCUT2D eigenvalue weighted by Crippen LogP contribution is 2.35. The molecular formula is C16H16O. The molecule has 3 rings (SSSR count). The first-order valence-corrected chi connectivity index (χ1v) is 5.96. The molecule has 1 aliphatic carbocycles. The highest BCUT2D eigenvalue weighted by Gasteiger charge is 2.15. The van der Waals surface area contributed by atoms with Gasteiger partial charge in [0.15, 0.2) is 0 Å². The Labute approximate surface area is 102 Å². The highest BCUT2D eigenvalue weighted by molar-refractivity contribution is 5.76. The van der Waals surface area contributed by atoms with Crippen molar-refractivity contribution in [2.75, 3.05) is 0 Å². The van der Waals surface area contributed by atoms with Gasteiger partial charge >= 0.3 is 0 Å². The quantitative estimate of drug-likeness (QED) is 0.574. The van der Waals surface area contributed by atoms with Gasteiger partial charge in [-0.2, -0.15) is 0 Å². The minimum atomic E-state index is 0.639. The van der Waals surface area contributed by atoms with Crippen LogP contribution in [0.3, 0.4) is 0 Å². The van der Waals surface area contributed by atoms with E-state index in [1.54, 1.807) is 0 Å². The molecule has 0 saturated carbocycles. The average molecular weight is 224 g/mol. The van der Waals surface area contributed by atoms with E-state index >= 15 is 0 Å². The SMILES string of the molecule is CCC=O.c1ccc2c(c1)Cc1ccccc1-2. The molecule has 2 aromatic rings. The lowest BCUT2D eigenvalue weighted by Crippen LogP contribution is -1.77. The summed E-state index contributed by atoms with van der Waals surface area (Å²) in [4.78, 5) is 9.17. The van der Waals surface area contributed by atoms with Crippen molar-refractivity contribution in [3.63, 3.8) is 0 Å². The summed E-state index contributed by atoms with van der Waals surface area (Å²) in [5.74, 6) is 0. The summed E-state index contributed by atoms with van der Waals surface area (Å²) in [6, 6.07) is 17.3. The fourth-order valence-electron chi connectivity index (χ4n) is 2.08. The minimum absolute atomic E-state index is 0.639. The van der Waals surface area contributed by atoms with Gasteiger partial charge in [-0.25, -0.2) is 0 Å². The predicted molar refractivity (Wildman–Crippen MR) is 71.0 cm³/mol. The lowest BCUT2D eigenvalue weighted by Gasteiger charge is -1.98. The van der Waals surface area contributed by atoms with Crippen LogP contribution in [0, 0.1) is 0 Å². The van der Waals surface area contributed by atoms with Crippen LogP contribution >= 0.6 is 0 Å². The Morgan fingerprint density at radius 3 is 1.76 bits per heavy atom. The molecule has 17 heavy (non-hydrogen) atoms. The largest absolute Gasteiger partial charge is 0.303 e. The molecule has 0 heterocycles. The normalized spacial score (nSPS) is 10.9. The first-order chi connectivity index (χ1) is 8.36. The minimum Gasteiger partial charge on any atom is -0.303 e. The molecule has 86 valence electrons. The number of fused-ring (bicyclic) bond motifs is 3. The second-order valence-electron chi connectivity index (χ2n) is 4.07. The molecule has 0 aromatic heterocycles. The van der Waals surface area contributed by atoms with Gasteiger partial charge in [0.05, 0.1) is 0 Å². The molecule has 0 amide bonds. The van der Waals surface area contributed by atoms with Crippen molar-refractivity contribution in [3.8, 4) is 11.1 Å². The van der Waals surface area contributed by atoms with E-state index in [-0.39, 0.29) is 0 Å².